The molecule has 2 aliphatic rings. The largest absolute Gasteiger partial charge is 0.480 e. The number of rotatable bonds is 4. The molecule has 0 aliphatic carbocycles. The molecule has 11 heteroatoms. The Hall–Kier alpha value is -2.43. The zero-order valence-electron chi connectivity index (χ0n) is 13.0. The lowest BCUT2D eigenvalue weighted by Gasteiger charge is -2.37. The Kier molecular flexibility index (Phi) is 4.17. The predicted octanol–water partition coefficient (Wildman–Crippen LogP) is -1.54. The molecule has 0 radical (unpaired) electrons. The number of methoxy groups -OCH3 is 1. The van der Waals surface area contributed by atoms with Crippen LogP contribution in [0.3, 0.4) is 0 Å². The molecule has 1 amide bonds. The topological polar surface area (TPSA) is 144 Å². The number of hydrogen-bond acceptors (Lipinski definition) is 8. The molecule has 2 aliphatic heterocycles. The maximum Gasteiger partial charge on any atom is 0.331 e. The highest BCUT2D eigenvalue weighted by Crippen LogP contribution is 2.48. The number of fused-ring (bicyclic) bond motifs is 1. The normalized spacial score (nSPS) is 32.0. The van der Waals surface area contributed by atoms with Gasteiger partial charge in [0.15, 0.2) is 21.3 Å². The van der Waals surface area contributed by atoms with Gasteiger partial charge in [0.1, 0.15) is 11.4 Å². The van der Waals surface area contributed by atoms with Gasteiger partial charge in [-0.05, 0) is 6.92 Å². The molecule has 10 nitrogen and oxygen atoms in total. The van der Waals surface area contributed by atoms with E-state index in [1.807, 2.05) is 0 Å². The smallest absolute Gasteiger partial charge is 0.331 e. The lowest BCUT2D eigenvalue weighted by Crippen LogP contribution is -2.59. The first-order chi connectivity index (χ1) is 11.0. The molecule has 2 fully saturated rings. The van der Waals surface area contributed by atoms with Crippen LogP contribution in [-0.2, 0) is 38.5 Å². The maximum atomic E-state index is 12.8. The Labute approximate surface area is 136 Å². The van der Waals surface area contributed by atoms with Crippen LogP contribution in [-0.4, -0.2) is 72.1 Å². The van der Waals surface area contributed by atoms with E-state index < -0.39 is 56.4 Å². The summed E-state index contributed by atoms with van der Waals surface area (Å²) in [5.41, 5.74) is -0.375. The van der Waals surface area contributed by atoms with Gasteiger partial charge in [-0.15, -0.1) is 0 Å². The second-order valence-corrected chi connectivity index (χ2v) is 8.04. The number of carbonyl (C=O) groups is 4. The van der Waals surface area contributed by atoms with Crippen molar-refractivity contribution in [3.05, 3.63) is 11.6 Å². The van der Waals surface area contributed by atoms with Crippen molar-refractivity contribution in [2.45, 2.75) is 30.0 Å². The molecule has 0 aromatic carbocycles. The molecular weight excluding hydrogens is 346 g/mol. The number of ether oxygens (including phenoxy) is 2. The van der Waals surface area contributed by atoms with Gasteiger partial charge in [-0.3, -0.25) is 9.59 Å². The highest BCUT2D eigenvalue weighted by molar-refractivity contribution is 7.94. The van der Waals surface area contributed by atoms with Crippen LogP contribution in [0.2, 0.25) is 0 Å². The van der Waals surface area contributed by atoms with Crippen LogP contribution in [0.15, 0.2) is 11.6 Å². The first kappa shape index (κ1) is 17.9. The van der Waals surface area contributed by atoms with Crippen molar-refractivity contribution in [2.75, 3.05) is 13.7 Å². The van der Waals surface area contributed by atoms with Crippen LogP contribution in [0.4, 0.5) is 0 Å². The van der Waals surface area contributed by atoms with E-state index >= 15 is 0 Å². The SMILES string of the molecule is COC(=O)/C=C1/C(=O)N2C1S(=O)(=O)[C@@](C)(COC(C)=O)[C@@H]2C(=O)O. The van der Waals surface area contributed by atoms with Crippen LogP contribution in [0.25, 0.3) is 0 Å². The van der Waals surface area contributed by atoms with Gasteiger partial charge in [-0.2, -0.15) is 0 Å². The second-order valence-electron chi connectivity index (χ2n) is 5.57. The number of β-lactam (4-membered cyclic amide) rings is 1. The van der Waals surface area contributed by atoms with E-state index in [9.17, 15) is 32.7 Å². The zero-order valence-corrected chi connectivity index (χ0v) is 13.8. The van der Waals surface area contributed by atoms with Crippen LogP contribution < -0.4 is 0 Å². The molecule has 0 bridgehead atoms. The molecule has 0 aromatic rings. The number of amides is 1. The number of aliphatic carboxylic acids is 1. The number of nitrogens with zero attached hydrogens (tertiary/aromatic N) is 1. The highest BCUT2D eigenvalue weighted by atomic mass is 32.2. The van der Waals surface area contributed by atoms with Crippen molar-refractivity contribution in [2.24, 2.45) is 0 Å². The summed E-state index contributed by atoms with van der Waals surface area (Å²) in [4.78, 5) is 46.7. The first-order valence-electron chi connectivity index (χ1n) is 6.71. The molecule has 1 N–H and O–H groups in total. The van der Waals surface area contributed by atoms with Gasteiger partial charge in [0.25, 0.3) is 5.91 Å². The first-order valence-corrected chi connectivity index (χ1v) is 8.25. The Balaban J connectivity index is 2.54. The third-order valence-electron chi connectivity index (χ3n) is 4.07. The van der Waals surface area contributed by atoms with Crippen LogP contribution in [0, 0.1) is 0 Å². The van der Waals surface area contributed by atoms with Gasteiger partial charge in [0.05, 0.1) is 12.7 Å². The molecule has 2 rings (SSSR count). The lowest BCUT2D eigenvalue weighted by atomic mass is 9.94. The van der Waals surface area contributed by atoms with Crippen molar-refractivity contribution >= 4 is 33.7 Å². The minimum atomic E-state index is -4.28. The average molecular weight is 361 g/mol. The van der Waals surface area contributed by atoms with Crippen LogP contribution in [0.5, 0.6) is 0 Å². The van der Waals surface area contributed by atoms with Crippen molar-refractivity contribution < 1.29 is 42.2 Å². The number of carboxylic acid groups (broad SMARTS) is 1. The van der Waals surface area contributed by atoms with Crippen molar-refractivity contribution in [3.8, 4) is 0 Å². The van der Waals surface area contributed by atoms with E-state index in [1.165, 1.54) is 0 Å². The Morgan fingerprint density at radius 3 is 2.42 bits per heavy atom. The number of carboxylic acids is 1. The van der Waals surface area contributed by atoms with Crippen molar-refractivity contribution in [3.63, 3.8) is 0 Å². The Morgan fingerprint density at radius 2 is 1.96 bits per heavy atom. The van der Waals surface area contributed by atoms with E-state index in [2.05, 4.69) is 4.74 Å². The minimum absolute atomic E-state index is 0.375. The summed E-state index contributed by atoms with van der Waals surface area (Å²) in [7, 11) is -3.23. The fraction of sp³-hybridized carbons (Fsp3) is 0.538. The molecule has 0 spiro atoms. The Bertz CT molecular complexity index is 768. The summed E-state index contributed by atoms with van der Waals surface area (Å²) < 4.78 is 32.6. The van der Waals surface area contributed by atoms with Crippen molar-refractivity contribution in [1.29, 1.82) is 0 Å². The van der Waals surface area contributed by atoms with Crippen LogP contribution >= 0.6 is 0 Å². The molecule has 132 valence electrons. The molecule has 1 unspecified atom stereocenters. The number of hydrogen-bond donors (Lipinski definition) is 1. The zero-order chi connectivity index (χ0) is 18.4. The molecule has 24 heavy (non-hydrogen) atoms. The fourth-order valence-electron chi connectivity index (χ4n) is 2.82. The summed E-state index contributed by atoms with van der Waals surface area (Å²) in [6, 6.07) is -1.74. The number of esters is 2. The third-order valence-corrected chi connectivity index (χ3v) is 6.78. The molecular formula is C13H15NO9S. The molecule has 2 heterocycles. The minimum Gasteiger partial charge on any atom is -0.480 e. The summed E-state index contributed by atoms with van der Waals surface area (Å²) in [5.74, 6) is -4.18. The van der Waals surface area contributed by atoms with E-state index in [0.29, 0.717) is 4.90 Å². The maximum absolute atomic E-state index is 12.8. The van der Waals surface area contributed by atoms with Crippen LogP contribution in [0.1, 0.15) is 13.8 Å². The number of sulfone groups is 1. The second kappa shape index (κ2) is 5.58. The predicted molar refractivity (Wildman–Crippen MR) is 76.1 cm³/mol. The number of carbonyl (C=O) groups excluding carboxylic acids is 3. The third kappa shape index (κ3) is 2.27. The summed E-state index contributed by atoms with van der Waals surface area (Å²) in [6.07, 6.45) is 0.720. The molecule has 3 atom stereocenters. The lowest BCUT2D eigenvalue weighted by molar-refractivity contribution is -0.155. The molecule has 2 saturated heterocycles. The summed E-state index contributed by atoms with van der Waals surface area (Å²) in [6.45, 7) is 1.40. The average Bonchev–Trinajstić information content (AvgIpc) is 2.65. The quantitative estimate of drug-likeness (QED) is 0.357. The van der Waals surface area contributed by atoms with E-state index in [-0.39, 0.29) is 5.57 Å². The van der Waals surface area contributed by atoms with Gasteiger partial charge >= 0.3 is 17.9 Å². The van der Waals surface area contributed by atoms with E-state index in [0.717, 1.165) is 27.0 Å². The van der Waals surface area contributed by atoms with Gasteiger partial charge in [0.2, 0.25) is 0 Å². The Morgan fingerprint density at radius 1 is 1.38 bits per heavy atom. The molecule has 0 saturated carbocycles. The monoisotopic (exact) mass is 361 g/mol. The molecule has 0 aromatic heterocycles. The van der Waals surface area contributed by atoms with Gasteiger partial charge < -0.3 is 19.5 Å². The highest BCUT2D eigenvalue weighted by Gasteiger charge is 2.72. The van der Waals surface area contributed by atoms with Crippen molar-refractivity contribution in [1.82, 2.24) is 4.90 Å². The summed E-state index contributed by atoms with van der Waals surface area (Å²) >= 11 is 0. The standard InChI is InChI=1S/C13H15NO9S/c1-6(15)23-5-13(2)9(12(18)19)14-10(17)7(4-8(16)22-3)11(14)24(13,20)21/h4,9,11H,5H2,1-3H3,(H,18,19)/b7-4-/t9-,11?,13-/m0/s1. The summed E-state index contributed by atoms with van der Waals surface area (Å²) in [5, 5.41) is 7.80. The van der Waals surface area contributed by atoms with Gasteiger partial charge in [-0.25, -0.2) is 18.0 Å². The fourth-order valence-corrected chi connectivity index (χ4v) is 5.10. The van der Waals surface area contributed by atoms with E-state index in [4.69, 9.17) is 4.74 Å². The van der Waals surface area contributed by atoms with Gasteiger partial charge in [0, 0.05) is 13.0 Å². The van der Waals surface area contributed by atoms with E-state index in [1.54, 1.807) is 0 Å². The van der Waals surface area contributed by atoms with Gasteiger partial charge in [-0.1, -0.05) is 0 Å².